The molecule has 2 aromatic carbocycles. The maximum atomic E-state index is 12.5. The highest BCUT2D eigenvalue weighted by Gasteiger charge is 2.24. The van der Waals surface area contributed by atoms with E-state index in [4.69, 9.17) is 4.74 Å². The number of nitrogens with zero attached hydrogens (tertiary/aromatic N) is 3. The number of rotatable bonds is 6. The van der Waals surface area contributed by atoms with Gasteiger partial charge in [-0.2, -0.15) is 0 Å². The summed E-state index contributed by atoms with van der Waals surface area (Å²) >= 11 is 0. The Bertz CT molecular complexity index is 784. The maximum absolute atomic E-state index is 12.5. The molecule has 2 aromatic rings. The fourth-order valence-electron chi connectivity index (χ4n) is 3.33. The average molecular weight is 381 g/mol. The Morgan fingerprint density at radius 1 is 0.964 bits per heavy atom. The van der Waals surface area contributed by atoms with Crippen LogP contribution in [0.5, 0.6) is 5.75 Å². The molecule has 1 aliphatic rings. The minimum Gasteiger partial charge on any atom is -0.497 e. The van der Waals surface area contributed by atoms with Crippen LogP contribution in [-0.4, -0.2) is 62.0 Å². The molecular formula is C22H27N3O3. The molecule has 0 aliphatic carbocycles. The van der Waals surface area contributed by atoms with Crippen molar-refractivity contribution in [2.75, 3.05) is 45.2 Å². The fraction of sp³-hybridized carbons (Fsp3) is 0.364. The second-order valence-electron chi connectivity index (χ2n) is 6.98. The molecule has 0 N–H and O–H groups in total. The summed E-state index contributed by atoms with van der Waals surface area (Å²) in [5, 5.41) is 0. The number of methoxy groups -OCH3 is 1. The second-order valence-corrected chi connectivity index (χ2v) is 6.98. The monoisotopic (exact) mass is 381 g/mol. The van der Waals surface area contributed by atoms with E-state index in [0.717, 1.165) is 30.1 Å². The van der Waals surface area contributed by atoms with Gasteiger partial charge in [0.05, 0.1) is 7.11 Å². The number of piperazine rings is 1. The highest BCUT2D eigenvalue weighted by molar-refractivity contribution is 5.96. The number of hydrogen-bond donors (Lipinski definition) is 0. The van der Waals surface area contributed by atoms with E-state index < -0.39 is 0 Å². The van der Waals surface area contributed by atoms with E-state index in [1.54, 1.807) is 24.0 Å². The quantitative estimate of drug-likeness (QED) is 0.721. The predicted octanol–water partition coefficient (Wildman–Crippen LogP) is 2.39. The summed E-state index contributed by atoms with van der Waals surface area (Å²) < 4.78 is 5.19. The number of carbonyl (C=O) groups is 2. The first-order valence-corrected chi connectivity index (χ1v) is 9.51. The SMILES string of the molecule is COc1ccc(N2CCN(C(=O)CC(=O)N(C)Cc3ccccc3)CC2)cc1. The van der Waals surface area contributed by atoms with Gasteiger partial charge >= 0.3 is 0 Å². The Hall–Kier alpha value is -3.02. The molecule has 2 amide bonds. The second kappa shape index (κ2) is 9.26. The zero-order valence-electron chi connectivity index (χ0n) is 16.5. The van der Waals surface area contributed by atoms with Gasteiger partial charge in [0.2, 0.25) is 11.8 Å². The van der Waals surface area contributed by atoms with E-state index in [0.29, 0.717) is 19.6 Å². The molecule has 6 nitrogen and oxygen atoms in total. The van der Waals surface area contributed by atoms with Crippen molar-refractivity contribution in [3.8, 4) is 5.75 Å². The van der Waals surface area contributed by atoms with Crippen molar-refractivity contribution in [3.63, 3.8) is 0 Å². The molecule has 0 atom stereocenters. The van der Waals surface area contributed by atoms with Crippen molar-refractivity contribution >= 4 is 17.5 Å². The predicted molar refractivity (Wildman–Crippen MR) is 109 cm³/mol. The molecule has 1 fully saturated rings. The van der Waals surface area contributed by atoms with E-state index >= 15 is 0 Å². The summed E-state index contributed by atoms with van der Waals surface area (Å²) in [6, 6.07) is 17.7. The van der Waals surface area contributed by atoms with Crippen LogP contribution in [0.4, 0.5) is 5.69 Å². The Labute approximate surface area is 166 Å². The lowest BCUT2D eigenvalue weighted by molar-refractivity contribution is -0.140. The van der Waals surface area contributed by atoms with Gasteiger partial charge in [-0.05, 0) is 29.8 Å². The Balaban J connectivity index is 1.47. The van der Waals surface area contributed by atoms with Gasteiger partial charge in [0.15, 0.2) is 0 Å². The molecule has 28 heavy (non-hydrogen) atoms. The van der Waals surface area contributed by atoms with E-state index in [9.17, 15) is 9.59 Å². The molecule has 0 unspecified atom stereocenters. The van der Waals surface area contributed by atoms with Gasteiger partial charge in [0, 0.05) is 45.5 Å². The topological polar surface area (TPSA) is 53.1 Å². The third-order valence-electron chi connectivity index (χ3n) is 5.06. The summed E-state index contributed by atoms with van der Waals surface area (Å²) in [5.41, 5.74) is 2.17. The molecule has 0 bridgehead atoms. The van der Waals surface area contributed by atoms with E-state index in [2.05, 4.69) is 4.90 Å². The molecule has 3 rings (SSSR count). The van der Waals surface area contributed by atoms with Crippen molar-refractivity contribution in [2.24, 2.45) is 0 Å². The molecule has 6 heteroatoms. The smallest absolute Gasteiger partial charge is 0.232 e. The minimum absolute atomic E-state index is 0.0775. The number of anilines is 1. The zero-order chi connectivity index (χ0) is 19.9. The molecule has 1 heterocycles. The highest BCUT2D eigenvalue weighted by Crippen LogP contribution is 2.20. The van der Waals surface area contributed by atoms with Crippen LogP contribution in [0.2, 0.25) is 0 Å². The Morgan fingerprint density at radius 3 is 2.21 bits per heavy atom. The van der Waals surface area contributed by atoms with Crippen molar-refractivity contribution < 1.29 is 14.3 Å². The first kappa shape index (κ1) is 19.7. The van der Waals surface area contributed by atoms with Crippen LogP contribution in [0, 0.1) is 0 Å². The van der Waals surface area contributed by atoms with Gasteiger partial charge in [-0.25, -0.2) is 0 Å². The summed E-state index contributed by atoms with van der Waals surface area (Å²) in [4.78, 5) is 30.6. The summed E-state index contributed by atoms with van der Waals surface area (Å²) in [5.74, 6) is 0.585. The standard InChI is InChI=1S/C22H27N3O3/c1-23(17-18-6-4-3-5-7-18)21(26)16-22(27)25-14-12-24(13-15-25)19-8-10-20(28-2)11-9-19/h3-11H,12-17H2,1-2H3. The highest BCUT2D eigenvalue weighted by atomic mass is 16.5. The summed E-state index contributed by atoms with van der Waals surface area (Å²) in [7, 11) is 3.39. The number of benzene rings is 2. The molecule has 0 spiro atoms. The Morgan fingerprint density at radius 2 is 1.61 bits per heavy atom. The first-order chi connectivity index (χ1) is 13.6. The van der Waals surface area contributed by atoms with E-state index in [-0.39, 0.29) is 18.2 Å². The van der Waals surface area contributed by atoms with Crippen LogP contribution in [-0.2, 0) is 16.1 Å². The lowest BCUT2D eigenvalue weighted by atomic mass is 10.2. The maximum Gasteiger partial charge on any atom is 0.232 e. The lowest BCUT2D eigenvalue weighted by Gasteiger charge is -2.36. The third kappa shape index (κ3) is 5.03. The summed E-state index contributed by atoms with van der Waals surface area (Å²) in [6.45, 7) is 3.28. The first-order valence-electron chi connectivity index (χ1n) is 9.51. The van der Waals surface area contributed by atoms with Gasteiger partial charge in [-0.3, -0.25) is 9.59 Å². The van der Waals surface area contributed by atoms with Crippen LogP contribution in [0.15, 0.2) is 54.6 Å². The number of carbonyl (C=O) groups excluding carboxylic acids is 2. The van der Waals surface area contributed by atoms with Gasteiger partial charge in [-0.1, -0.05) is 30.3 Å². The lowest BCUT2D eigenvalue weighted by Crippen LogP contribution is -2.49. The number of hydrogen-bond acceptors (Lipinski definition) is 4. The van der Waals surface area contributed by atoms with Gasteiger partial charge < -0.3 is 19.4 Å². The van der Waals surface area contributed by atoms with Gasteiger partial charge in [0.25, 0.3) is 0 Å². The van der Waals surface area contributed by atoms with Crippen molar-refractivity contribution in [3.05, 3.63) is 60.2 Å². The molecule has 0 aromatic heterocycles. The fourth-order valence-corrected chi connectivity index (χ4v) is 3.33. The Kier molecular flexibility index (Phi) is 6.53. The van der Waals surface area contributed by atoms with Crippen LogP contribution in [0.25, 0.3) is 0 Å². The minimum atomic E-state index is -0.147. The number of ether oxygens (including phenoxy) is 1. The molecule has 1 aliphatic heterocycles. The van der Waals surface area contributed by atoms with Crippen LogP contribution in [0.1, 0.15) is 12.0 Å². The summed E-state index contributed by atoms with van der Waals surface area (Å²) in [6.07, 6.45) is -0.0775. The van der Waals surface area contributed by atoms with Crippen molar-refractivity contribution in [1.82, 2.24) is 9.80 Å². The van der Waals surface area contributed by atoms with Crippen molar-refractivity contribution in [1.29, 1.82) is 0 Å². The van der Waals surface area contributed by atoms with E-state index in [1.165, 1.54) is 0 Å². The molecule has 148 valence electrons. The largest absolute Gasteiger partial charge is 0.497 e. The zero-order valence-corrected chi connectivity index (χ0v) is 16.5. The van der Waals surface area contributed by atoms with Crippen LogP contribution < -0.4 is 9.64 Å². The van der Waals surface area contributed by atoms with Crippen molar-refractivity contribution in [2.45, 2.75) is 13.0 Å². The normalized spacial score (nSPS) is 13.9. The van der Waals surface area contributed by atoms with E-state index in [1.807, 2.05) is 54.6 Å². The van der Waals surface area contributed by atoms with Crippen LogP contribution >= 0.6 is 0 Å². The molecule has 0 radical (unpaired) electrons. The van der Waals surface area contributed by atoms with Gasteiger partial charge in [0.1, 0.15) is 12.2 Å². The third-order valence-corrected chi connectivity index (χ3v) is 5.06. The average Bonchev–Trinajstić information content (AvgIpc) is 2.74. The number of amides is 2. The molecule has 1 saturated heterocycles. The van der Waals surface area contributed by atoms with Gasteiger partial charge in [-0.15, -0.1) is 0 Å². The van der Waals surface area contributed by atoms with Crippen LogP contribution in [0.3, 0.4) is 0 Å². The molecule has 0 saturated carbocycles. The molecular weight excluding hydrogens is 354 g/mol.